The van der Waals surface area contributed by atoms with Crippen molar-refractivity contribution in [2.45, 2.75) is 44.8 Å². The van der Waals surface area contributed by atoms with Gasteiger partial charge >= 0.3 is 0 Å². The Labute approximate surface area is 107 Å². The molecule has 2 atom stereocenters. The van der Waals surface area contributed by atoms with Crippen molar-refractivity contribution in [3.05, 3.63) is 29.0 Å². The lowest BCUT2D eigenvalue weighted by Gasteiger charge is -2.40. The standard InChI is InChI=1S/C13H19ClN2O/c1-10-3-2-4-12(9-17)16(10)8-11-5-6-15-7-13(11)14/h5-7,10,12,17H,2-4,8-9H2,1H3. The Balaban J connectivity index is 2.12. The van der Waals surface area contributed by atoms with Crippen LogP contribution in [-0.4, -0.2) is 33.7 Å². The smallest absolute Gasteiger partial charge is 0.0634 e. The van der Waals surface area contributed by atoms with E-state index in [0.29, 0.717) is 11.1 Å². The van der Waals surface area contributed by atoms with Gasteiger partial charge in [-0.2, -0.15) is 0 Å². The van der Waals surface area contributed by atoms with E-state index in [1.807, 2.05) is 6.07 Å². The van der Waals surface area contributed by atoms with Crippen LogP contribution in [0.25, 0.3) is 0 Å². The molecule has 0 aromatic carbocycles. The molecule has 94 valence electrons. The second kappa shape index (κ2) is 5.80. The molecule has 1 aliphatic heterocycles. The maximum absolute atomic E-state index is 9.44. The van der Waals surface area contributed by atoms with Crippen LogP contribution in [0.5, 0.6) is 0 Å². The first kappa shape index (κ1) is 12.8. The number of aromatic nitrogens is 1. The molecular weight excluding hydrogens is 236 g/mol. The van der Waals surface area contributed by atoms with Gasteiger partial charge in [-0.05, 0) is 31.4 Å². The third-order valence-corrected chi connectivity index (χ3v) is 3.95. The second-order valence-electron chi connectivity index (χ2n) is 4.76. The van der Waals surface area contributed by atoms with Crippen molar-refractivity contribution in [2.24, 2.45) is 0 Å². The topological polar surface area (TPSA) is 36.4 Å². The van der Waals surface area contributed by atoms with Crippen molar-refractivity contribution in [1.82, 2.24) is 9.88 Å². The summed E-state index contributed by atoms with van der Waals surface area (Å²) in [5.41, 5.74) is 1.09. The van der Waals surface area contributed by atoms with Gasteiger partial charge in [0.25, 0.3) is 0 Å². The lowest BCUT2D eigenvalue weighted by Crippen LogP contribution is -2.46. The molecule has 0 aliphatic carbocycles. The Kier molecular flexibility index (Phi) is 4.37. The molecular formula is C13H19ClN2O. The van der Waals surface area contributed by atoms with Crippen LogP contribution in [0.15, 0.2) is 18.5 Å². The average molecular weight is 255 g/mol. The van der Waals surface area contributed by atoms with Gasteiger partial charge in [-0.3, -0.25) is 9.88 Å². The van der Waals surface area contributed by atoms with Gasteiger partial charge in [0.15, 0.2) is 0 Å². The first-order valence-corrected chi connectivity index (χ1v) is 6.55. The minimum absolute atomic E-state index is 0.229. The zero-order valence-electron chi connectivity index (χ0n) is 10.1. The number of likely N-dealkylation sites (tertiary alicyclic amines) is 1. The van der Waals surface area contributed by atoms with Crippen molar-refractivity contribution in [3.8, 4) is 0 Å². The predicted molar refractivity (Wildman–Crippen MR) is 69.0 cm³/mol. The van der Waals surface area contributed by atoms with Crippen LogP contribution in [0, 0.1) is 0 Å². The van der Waals surface area contributed by atoms with E-state index in [-0.39, 0.29) is 12.6 Å². The predicted octanol–water partition coefficient (Wildman–Crippen LogP) is 2.47. The molecule has 1 fully saturated rings. The van der Waals surface area contributed by atoms with E-state index in [0.717, 1.165) is 18.5 Å². The third kappa shape index (κ3) is 2.97. The molecule has 2 heterocycles. The molecule has 0 bridgehead atoms. The number of aliphatic hydroxyl groups excluding tert-OH is 1. The molecule has 2 rings (SSSR count). The fraction of sp³-hybridized carbons (Fsp3) is 0.615. The van der Waals surface area contributed by atoms with Gasteiger partial charge in [0, 0.05) is 31.0 Å². The molecule has 17 heavy (non-hydrogen) atoms. The van der Waals surface area contributed by atoms with Crippen molar-refractivity contribution >= 4 is 11.6 Å². The normalized spacial score (nSPS) is 26.1. The lowest BCUT2D eigenvalue weighted by atomic mass is 9.96. The largest absolute Gasteiger partial charge is 0.395 e. The lowest BCUT2D eigenvalue weighted by molar-refractivity contribution is 0.0452. The van der Waals surface area contributed by atoms with E-state index in [9.17, 15) is 5.11 Å². The van der Waals surface area contributed by atoms with E-state index >= 15 is 0 Å². The molecule has 1 aromatic heterocycles. The zero-order valence-corrected chi connectivity index (χ0v) is 10.9. The zero-order chi connectivity index (χ0) is 12.3. The molecule has 2 unspecified atom stereocenters. The molecule has 1 aliphatic rings. The number of aliphatic hydroxyl groups is 1. The van der Waals surface area contributed by atoms with Gasteiger partial charge in [-0.15, -0.1) is 0 Å². The quantitative estimate of drug-likeness (QED) is 0.900. The Morgan fingerprint density at radius 1 is 1.53 bits per heavy atom. The van der Waals surface area contributed by atoms with E-state index < -0.39 is 0 Å². The highest BCUT2D eigenvalue weighted by atomic mass is 35.5. The molecule has 4 heteroatoms. The number of hydrogen-bond donors (Lipinski definition) is 1. The number of nitrogens with zero attached hydrogens (tertiary/aromatic N) is 2. The van der Waals surface area contributed by atoms with Gasteiger partial charge < -0.3 is 5.11 Å². The van der Waals surface area contributed by atoms with Crippen LogP contribution < -0.4 is 0 Å². The monoisotopic (exact) mass is 254 g/mol. The Bertz CT molecular complexity index is 372. The molecule has 1 aromatic rings. The first-order chi connectivity index (χ1) is 8.22. The van der Waals surface area contributed by atoms with Crippen LogP contribution in [0.2, 0.25) is 5.02 Å². The summed E-state index contributed by atoms with van der Waals surface area (Å²) < 4.78 is 0. The molecule has 0 radical (unpaired) electrons. The van der Waals surface area contributed by atoms with E-state index in [1.165, 1.54) is 12.8 Å². The summed E-state index contributed by atoms with van der Waals surface area (Å²) in [6.07, 6.45) is 6.92. The molecule has 3 nitrogen and oxygen atoms in total. The summed E-state index contributed by atoms with van der Waals surface area (Å²) in [4.78, 5) is 6.35. The number of pyridine rings is 1. The van der Waals surface area contributed by atoms with E-state index in [2.05, 4.69) is 16.8 Å². The summed E-state index contributed by atoms with van der Waals surface area (Å²) in [5.74, 6) is 0. The summed E-state index contributed by atoms with van der Waals surface area (Å²) in [7, 11) is 0. The molecule has 0 spiro atoms. The third-order valence-electron chi connectivity index (χ3n) is 3.61. The SMILES string of the molecule is CC1CCCC(CO)N1Cc1ccncc1Cl. The average Bonchev–Trinajstić information content (AvgIpc) is 2.34. The molecule has 0 amide bonds. The van der Waals surface area contributed by atoms with Crippen LogP contribution in [0.1, 0.15) is 31.7 Å². The number of hydrogen-bond acceptors (Lipinski definition) is 3. The maximum atomic E-state index is 9.44. The van der Waals surface area contributed by atoms with Gasteiger partial charge in [0.05, 0.1) is 11.6 Å². The van der Waals surface area contributed by atoms with Crippen molar-refractivity contribution in [2.75, 3.05) is 6.61 Å². The molecule has 0 saturated carbocycles. The summed E-state index contributed by atoms with van der Waals surface area (Å²) in [5, 5.41) is 10.1. The van der Waals surface area contributed by atoms with Gasteiger partial charge in [-0.25, -0.2) is 0 Å². The second-order valence-corrected chi connectivity index (χ2v) is 5.16. The summed E-state index contributed by atoms with van der Waals surface area (Å²) in [6, 6.07) is 2.73. The molecule has 1 N–H and O–H groups in total. The van der Waals surface area contributed by atoms with E-state index in [4.69, 9.17) is 11.6 Å². The highest BCUT2D eigenvalue weighted by molar-refractivity contribution is 6.31. The fourth-order valence-electron chi connectivity index (χ4n) is 2.55. The van der Waals surface area contributed by atoms with E-state index in [1.54, 1.807) is 12.4 Å². The van der Waals surface area contributed by atoms with Crippen molar-refractivity contribution in [1.29, 1.82) is 0 Å². The minimum atomic E-state index is 0.229. The van der Waals surface area contributed by atoms with Crippen molar-refractivity contribution in [3.63, 3.8) is 0 Å². The van der Waals surface area contributed by atoms with Gasteiger partial charge in [0.1, 0.15) is 0 Å². The summed E-state index contributed by atoms with van der Waals surface area (Å²) in [6.45, 7) is 3.25. The Morgan fingerprint density at radius 3 is 3.06 bits per heavy atom. The van der Waals surface area contributed by atoms with Crippen LogP contribution >= 0.6 is 11.6 Å². The fourth-order valence-corrected chi connectivity index (χ4v) is 2.73. The highest BCUT2D eigenvalue weighted by Gasteiger charge is 2.27. The van der Waals surface area contributed by atoms with Crippen molar-refractivity contribution < 1.29 is 5.11 Å². The maximum Gasteiger partial charge on any atom is 0.0634 e. The van der Waals surface area contributed by atoms with Gasteiger partial charge in [-0.1, -0.05) is 18.0 Å². The van der Waals surface area contributed by atoms with Gasteiger partial charge in [0.2, 0.25) is 0 Å². The minimum Gasteiger partial charge on any atom is -0.395 e. The van der Waals surface area contributed by atoms with Crippen LogP contribution in [0.4, 0.5) is 0 Å². The van der Waals surface area contributed by atoms with Crippen LogP contribution in [0.3, 0.4) is 0 Å². The number of halogens is 1. The van der Waals surface area contributed by atoms with Crippen LogP contribution in [-0.2, 0) is 6.54 Å². The first-order valence-electron chi connectivity index (χ1n) is 6.17. The Hall–Kier alpha value is -0.640. The number of rotatable bonds is 3. The number of piperidine rings is 1. The molecule has 1 saturated heterocycles. The summed E-state index contributed by atoms with van der Waals surface area (Å²) >= 11 is 6.13. The highest BCUT2D eigenvalue weighted by Crippen LogP contribution is 2.26. The Morgan fingerprint density at radius 2 is 2.35 bits per heavy atom.